The zero-order chi connectivity index (χ0) is 17.9. The maximum Gasteiger partial charge on any atom is 0.249 e. The molecule has 4 rings (SSSR count). The highest BCUT2D eigenvalue weighted by atomic mass is 16.5. The van der Waals surface area contributed by atoms with E-state index < -0.39 is 0 Å². The SMILES string of the molecule is COCCN1C(=O)CO[C@H]2CN(Cc3ccccc3N3CCCC3)C[C@@H]21. The van der Waals surface area contributed by atoms with Crippen molar-refractivity contribution in [2.75, 3.05) is 57.9 Å². The Morgan fingerprint density at radius 1 is 1.19 bits per heavy atom. The molecule has 0 aliphatic carbocycles. The molecule has 1 aromatic carbocycles. The van der Waals surface area contributed by atoms with E-state index in [0.29, 0.717) is 13.2 Å². The Balaban J connectivity index is 1.45. The van der Waals surface area contributed by atoms with Gasteiger partial charge in [-0.15, -0.1) is 0 Å². The minimum Gasteiger partial charge on any atom is -0.383 e. The summed E-state index contributed by atoms with van der Waals surface area (Å²) in [5, 5.41) is 0. The number of para-hydroxylation sites is 1. The fraction of sp³-hybridized carbons (Fsp3) is 0.650. The standard InChI is InChI=1S/C20H29N3O3/c1-25-11-10-23-18-13-21(14-19(18)26-15-20(23)24)12-16-6-2-3-7-17(16)22-8-4-5-9-22/h2-3,6-7,18-19H,4-5,8-15H2,1H3/t18-,19-/m0/s1. The molecule has 0 radical (unpaired) electrons. The molecule has 1 amide bonds. The molecule has 26 heavy (non-hydrogen) atoms. The van der Waals surface area contributed by atoms with E-state index in [-0.39, 0.29) is 24.7 Å². The smallest absolute Gasteiger partial charge is 0.249 e. The van der Waals surface area contributed by atoms with Gasteiger partial charge in [-0.25, -0.2) is 0 Å². The van der Waals surface area contributed by atoms with Crippen molar-refractivity contribution in [3.63, 3.8) is 0 Å². The Hall–Kier alpha value is -1.63. The van der Waals surface area contributed by atoms with E-state index in [1.807, 2.05) is 4.90 Å². The van der Waals surface area contributed by atoms with E-state index in [4.69, 9.17) is 9.47 Å². The van der Waals surface area contributed by atoms with Gasteiger partial charge in [0.2, 0.25) is 5.91 Å². The molecular weight excluding hydrogens is 330 g/mol. The summed E-state index contributed by atoms with van der Waals surface area (Å²) in [4.78, 5) is 19.2. The van der Waals surface area contributed by atoms with Crippen LogP contribution in [0.2, 0.25) is 0 Å². The first-order valence-electron chi connectivity index (χ1n) is 9.71. The Labute approximate surface area is 155 Å². The first-order valence-corrected chi connectivity index (χ1v) is 9.71. The van der Waals surface area contributed by atoms with E-state index in [2.05, 4.69) is 34.1 Å². The molecule has 0 spiro atoms. The minimum atomic E-state index is 0.0858. The van der Waals surface area contributed by atoms with E-state index in [0.717, 1.165) is 32.7 Å². The van der Waals surface area contributed by atoms with Gasteiger partial charge in [-0.2, -0.15) is 0 Å². The van der Waals surface area contributed by atoms with Gasteiger partial charge in [0, 0.05) is 52.1 Å². The predicted molar refractivity (Wildman–Crippen MR) is 100 cm³/mol. The lowest BCUT2D eigenvalue weighted by Gasteiger charge is -2.36. The molecule has 3 fully saturated rings. The Bertz CT molecular complexity index is 632. The second-order valence-corrected chi connectivity index (χ2v) is 7.51. The van der Waals surface area contributed by atoms with Crippen LogP contribution >= 0.6 is 0 Å². The number of methoxy groups -OCH3 is 1. The molecule has 0 aromatic heterocycles. The predicted octanol–water partition coefficient (Wildman–Crippen LogP) is 1.34. The lowest BCUT2D eigenvalue weighted by molar-refractivity contribution is -0.153. The fourth-order valence-corrected chi connectivity index (χ4v) is 4.50. The summed E-state index contributed by atoms with van der Waals surface area (Å²) in [6.07, 6.45) is 2.68. The molecule has 0 bridgehead atoms. The average molecular weight is 359 g/mol. The number of fused-ring (bicyclic) bond motifs is 1. The van der Waals surface area contributed by atoms with Crippen molar-refractivity contribution in [3.8, 4) is 0 Å². The number of likely N-dealkylation sites (tertiary alicyclic amines) is 1. The van der Waals surface area contributed by atoms with E-state index >= 15 is 0 Å². The van der Waals surface area contributed by atoms with Gasteiger partial charge >= 0.3 is 0 Å². The van der Waals surface area contributed by atoms with Crippen LogP contribution in [0.4, 0.5) is 5.69 Å². The molecule has 0 N–H and O–H groups in total. The number of hydrogen-bond acceptors (Lipinski definition) is 5. The molecule has 3 saturated heterocycles. The summed E-state index contributed by atoms with van der Waals surface area (Å²) in [6.45, 7) is 6.41. The number of morpholine rings is 1. The number of carbonyl (C=O) groups excluding carboxylic acids is 1. The molecule has 3 heterocycles. The van der Waals surface area contributed by atoms with Crippen LogP contribution in [-0.2, 0) is 20.8 Å². The third-order valence-corrected chi connectivity index (χ3v) is 5.82. The highest BCUT2D eigenvalue weighted by Crippen LogP contribution is 2.29. The van der Waals surface area contributed by atoms with E-state index in [9.17, 15) is 4.79 Å². The van der Waals surface area contributed by atoms with E-state index in [1.54, 1.807) is 7.11 Å². The van der Waals surface area contributed by atoms with E-state index in [1.165, 1.54) is 24.1 Å². The third kappa shape index (κ3) is 3.59. The normalized spacial score (nSPS) is 26.6. The van der Waals surface area contributed by atoms with Crippen LogP contribution < -0.4 is 4.90 Å². The van der Waals surface area contributed by atoms with Crippen molar-refractivity contribution in [2.45, 2.75) is 31.5 Å². The zero-order valence-corrected chi connectivity index (χ0v) is 15.6. The number of rotatable bonds is 6. The molecule has 6 heteroatoms. The van der Waals surface area contributed by atoms with Crippen LogP contribution in [0, 0.1) is 0 Å². The van der Waals surface area contributed by atoms with Crippen LogP contribution in [0.5, 0.6) is 0 Å². The Morgan fingerprint density at radius 3 is 2.81 bits per heavy atom. The molecule has 6 nitrogen and oxygen atoms in total. The van der Waals surface area contributed by atoms with Crippen molar-refractivity contribution in [1.29, 1.82) is 0 Å². The van der Waals surface area contributed by atoms with Gasteiger partial charge < -0.3 is 19.3 Å². The summed E-state index contributed by atoms with van der Waals surface area (Å²) in [5.74, 6) is 0.0858. The number of nitrogens with zero attached hydrogens (tertiary/aromatic N) is 3. The van der Waals surface area contributed by atoms with Crippen molar-refractivity contribution in [1.82, 2.24) is 9.80 Å². The molecule has 2 atom stereocenters. The largest absolute Gasteiger partial charge is 0.383 e. The topological polar surface area (TPSA) is 45.2 Å². The quantitative estimate of drug-likeness (QED) is 0.767. The van der Waals surface area contributed by atoms with Crippen molar-refractivity contribution >= 4 is 11.6 Å². The maximum atomic E-state index is 12.3. The zero-order valence-electron chi connectivity index (χ0n) is 15.6. The second kappa shape index (κ2) is 7.94. The highest BCUT2D eigenvalue weighted by Gasteiger charge is 2.42. The van der Waals surface area contributed by atoms with Crippen LogP contribution in [0.1, 0.15) is 18.4 Å². The summed E-state index contributed by atoms with van der Waals surface area (Å²) in [6, 6.07) is 8.89. The minimum absolute atomic E-state index is 0.0858. The molecule has 3 aliphatic heterocycles. The van der Waals surface area contributed by atoms with Gasteiger partial charge in [0.15, 0.2) is 0 Å². The van der Waals surface area contributed by atoms with Crippen LogP contribution in [0.25, 0.3) is 0 Å². The van der Waals surface area contributed by atoms with Gasteiger partial charge in [-0.05, 0) is 24.5 Å². The first-order chi connectivity index (χ1) is 12.8. The summed E-state index contributed by atoms with van der Waals surface area (Å²) in [5.41, 5.74) is 2.75. The molecule has 1 aromatic rings. The van der Waals surface area contributed by atoms with Crippen molar-refractivity contribution in [2.24, 2.45) is 0 Å². The molecule has 142 valence electrons. The molecule has 0 saturated carbocycles. The van der Waals surface area contributed by atoms with Crippen LogP contribution in [0.3, 0.4) is 0 Å². The Kier molecular flexibility index (Phi) is 5.43. The van der Waals surface area contributed by atoms with Gasteiger partial charge in [-0.1, -0.05) is 18.2 Å². The van der Waals surface area contributed by atoms with Gasteiger partial charge in [0.1, 0.15) is 6.61 Å². The summed E-state index contributed by atoms with van der Waals surface area (Å²) in [7, 11) is 1.68. The molecule has 0 unspecified atom stereocenters. The highest BCUT2D eigenvalue weighted by molar-refractivity contribution is 5.78. The summed E-state index contributed by atoms with van der Waals surface area (Å²) < 4.78 is 11.0. The molecule has 3 aliphatic rings. The first kappa shape index (κ1) is 17.8. The lowest BCUT2D eigenvalue weighted by Crippen LogP contribution is -2.54. The van der Waals surface area contributed by atoms with Crippen LogP contribution in [0.15, 0.2) is 24.3 Å². The lowest BCUT2D eigenvalue weighted by atomic mass is 10.1. The average Bonchev–Trinajstić information content (AvgIpc) is 3.31. The van der Waals surface area contributed by atoms with Gasteiger partial charge in [-0.3, -0.25) is 9.69 Å². The van der Waals surface area contributed by atoms with Gasteiger partial charge in [0.25, 0.3) is 0 Å². The maximum absolute atomic E-state index is 12.3. The number of amides is 1. The Morgan fingerprint density at radius 2 is 2.00 bits per heavy atom. The summed E-state index contributed by atoms with van der Waals surface area (Å²) >= 11 is 0. The number of benzene rings is 1. The van der Waals surface area contributed by atoms with Crippen molar-refractivity contribution in [3.05, 3.63) is 29.8 Å². The number of ether oxygens (including phenoxy) is 2. The number of anilines is 1. The monoisotopic (exact) mass is 359 g/mol. The van der Waals surface area contributed by atoms with Crippen molar-refractivity contribution < 1.29 is 14.3 Å². The second-order valence-electron chi connectivity index (χ2n) is 7.51. The number of carbonyl (C=O) groups is 1. The van der Waals surface area contributed by atoms with Gasteiger partial charge in [0.05, 0.1) is 18.8 Å². The van der Waals surface area contributed by atoms with Crippen LogP contribution in [-0.4, -0.2) is 80.9 Å². The number of hydrogen-bond donors (Lipinski definition) is 0. The molecular formula is C20H29N3O3. The third-order valence-electron chi connectivity index (χ3n) is 5.82. The fourth-order valence-electron chi connectivity index (χ4n) is 4.50.